The summed E-state index contributed by atoms with van der Waals surface area (Å²) in [5, 5.41) is 3.28. The summed E-state index contributed by atoms with van der Waals surface area (Å²) in [5.74, 6) is 1.02. The average molecular weight is 461 g/mol. The minimum atomic E-state index is -2.97. The topological polar surface area (TPSA) is 74.6 Å². The van der Waals surface area contributed by atoms with E-state index in [9.17, 15) is 13.6 Å². The smallest absolute Gasteiger partial charge is 0.387 e. The molecule has 7 nitrogen and oxygen atoms in total. The zero-order valence-electron chi connectivity index (χ0n) is 17.2. The summed E-state index contributed by atoms with van der Waals surface area (Å²) in [7, 11) is 0. The molecule has 2 aromatic carbocycles. The van der Waals surface area contributed by atoms with Gasteiger partial charge in [-0.1, -0.05) is 23.9 Å². The van der Waals surface area contributed by atoms with Gasteiger partial charge in [-0.3, -0.25) is 4.79 Å². The number of anilines is 1. The van der Waals surface area contributed by atoms with Crippen LogP contribution in [0.1, 0.15) is 6.92 Å². The highest BCUT2D eigenvalue weighted by atomic mass is 32.2. The van der Waals surface area contributed by atoms with Crippen LogP contribution in [0.2, 0.25) is 0 Å². The number of thioether (sulfide) groups is 1. The van der Waals surface area contributed by atoms with Gasteiger partial charge in [-0.15, -0.1) is 0 Å². The molecule has 1 N–H and O–H groups in total. The Morgan fingerprint density at radius 3 is 2.78 bits per heavy atom. The number of amides is 1. The molecule has 1 aliphatic rings. The molecular weight excluding hydrogens is 440 g/mol. The summed E-state index contributed by atoms with van der Waals surface area (Å²) >= 11 is 1.26. The van der Waals surface area contributed by atoms with E-state index in [1.54, 1.807) is 18.3 Å². The van der Waals surface area contributed by atoms with Gasteiger partial charge in [0.2, 0.25) is 5.91 Å². The van der Waals surface area contributed by atoms with Crippen molar-refractivity contribution in [1.29, 1.82) is 0 Å². The van der Waals surface area contributed by atoms with Crippen molar-refractivity contribution in [2.75, 3.05) is 24.3 Å². The van der Waals surface area contributed by atoms with Crippen molar-refractivity contribution < 1.29 is 27.8 Å². The number of para-hydroxylation sites is 2. The molecule has 168 valence electrons. The number of hydrogen-bond acceptors (Lipinski definition) is 6. The second-order valence-corrected chi connectivity index (χ2v) is 7.68. The summed E-state index contributed by atoms with van der Waals surface area (Å²) in [6, 6.07) is 11.8. The van der Waals surface area contributed by atoms with Crippen LogP contribution in [0.15, 0.2) is 53.8 Å². The van der Waals surface area contributed by atoms with Crippen molar-refractivity contribution in [3.05, 3.63) is 48.7 Å². The Kier molecular flexibility index (Phi) is 6.79. The number of fused-ring (bicyclic) bond motifs is 1. The third-order valence-electron chi connectivity index (χ3n) is 4.68. The maximum absolute atomic E-state index is 12.6. The second kappa shape index (κ2) is 9.90. The van der Waals surface area contributed by atoms with Gasteiger partial charge in [0.05, 0.1) is 23.3 Å². The SMILES string of the molecule is CCn1c(-c2ccc3c(c2)OCCO3)cnc1SCC(=O)Nc1ccccc1OC(F)F. The summed E-state index contributed by atoms with van der Waals surface area (Å²) in [6.07, 6.45) is 1.75. The predicted octanol–water partition coefficient (Wildman–Crippen LogP) is 4.67. The number of nitrogens with zero attached hydrogens (tertiary/aromatic N) is 2. The van der Waals surface area contributed by atoms with E-state index in [1.165, 1.54) is 23.9 Å². The number of halogens is 2. The first-order valence-electron chi connectivity index (χ1n) is 9.97. The first-order valence-corrected chi connectivity index (χ1v) is 11.0. The Morgan fingerprint density at radius 1 is 1.22 bits per heavy atom. The second-order valence-electron chi connectivity index (χ2n) is 6.74. The van der Waals surface area contributed by atoms with Gasteiger partial charge in [0, 0.05) is 12.1 Å². The molecule has 0 atom stereocenters. The summed E-state index contributed by atoms with van der Waals surface area (Å²) in [4.78, 5) is 16.9. The molecule has 0 spiro atoms. The number of alkyl halides is 2. The van der Waals surface area contributed by atoms with Crippen LogP contribution in [0, 0.1) is 0 Å². The summed E-state index contributed by atoms with van der Waals surface area (Å²) in [6.45, 7) is 0.703. The Bertz CT molecular complexity index is 1110. The zero-order chi connectivity index (χ0) is 22.5. The molecule has 32 heavy (non-hydrogen) atoms. The van der Waals surface area contributed by atoms with E-state index >= 15 is 0 Å². The predicted molar refractivity (Wildman–Crippen MR) is 117 cm³/mol. The third-order valence-corrected chi connectivity index (χ3v) is 5.67. The van der Waals surface area contributed by atoms with Crippen LogP contribution < -0.4 is 19.5 Å². The van der Waals surface area contributed by atoms with Crippen molar-refractivity contribution >= 4 is 23.4 Å². The van der Waals surface area contributed by atoms with Crippen molar-refractivity contribution in [3.63, 3.8) is 0 Å². The van der Waals surface area contributed by atoms with Crippen molar-refractivity contribution in [2.45, 2.75) is 25.2 Å². The summed E-state index contributed by atoms with van der Waals surface area (Å²) < 4.78 is 42.8. The third kappa shape index (κ3) is 4.96. The largest absolute Gasteiger partial charge is 0.486 e. The van der Waals surface area contributed by atoms with Gasteiger partial charge in [0.1, 0.15) is 19.0 Å². The van der Waals surface area contributed by atoms with Gasteiger partial charge in [-0.2, -0.15) is 8.78 Å². The highest BCUT2D eigenvalue weighted by Gasteiger charge is 2.17. The molecule has 0 saturated heterocycles. The Morgan fingerprint density at radius 2 is 2.00 bits per heavy atom. The fourth-order valence-corrected chi connectivity index (χ4v) is 4.14. The molecular formula is C22H21F2N3O4S. The van der Waals surface area contributed by atoms with Gasteiger partial charge in [0.15, 0.2) is 16.7 Å². The van der Waals surface area contributed by atoms with Crippen LogP contribution in [0.5, 0.6) is 17.2 Å². The molecule has 2 heterocycles. The molecule has 10 heteroatoms. The number of ether oxygens (including phenoxy) is 3. The molecule has 4 rings (SSSR count). The van der Waals surface area contributed by atoms with Gasteiger partial charge in [-0.25, -0.2) is 4.98 Å². The fourth-order valence-electron chi connectivity index (χ4n) is 3.30. The van der Waals surface area contributed by atoms with Crippen LogP contribution in [0.4, 0.5) is 14.5 Å². The van der Waals surface area contributed by atoms with Gasteiger partial charge < -0.3 is 24.1 Å². The normalized spacial score (nSPS) is 12.6. The molecule has 3 aromatic rings. The number of carbonyl (C=O) groups excluding carboxylic acids is 1. The molecule has 1 amide bonds. The first kappa shape index (κ1) is 21.9. The van der Waals surface area contributed by atoms with E-state index in [2.05, 4.69) is 15.0 Å². The summed E-state index contributed by atoms with van der Waals surface area (Å²) in [5.41, 5.74) is 2.01. The van der Waals surface area contributed by atoms with Crippen molar-refractivity contribution in [2.24, 2.45) is 0 Å². The number of nitrogens with one attached hydrogen (secondary N) is 1. The zero-order valence-corrected chi connectivity index (χ0v) is 18.0. The monoisotopic (exact) mass is 461 g/mol. The van der Waals surface area contributed by atoms with E-state index < -0.39 is 6.61 Å². The van der Waals surface area contributed by atoms with Gasteiger partial charge in [0.25, 0.3) is 0 Å². The lowest BCUT2D eigenvalue weighted by Crippen LogP contribution is -2.16. The fraction of sp³-hybridized carbons (Fsp3) is 0.273. The van der Waals surface area contributed by atoms with Gasteiger partial charge >= 0.3 is 6.61 Å². The van der Waals surface area contributed by atoms with Crippen LogP contribution in [0.3, 0.4) is 0 Å². The molecule has 1 aliphatic heterocycles. The molecule has 0 saturated carbocycles. The van der Waals surface area contributed by atoms with Crippen LogP contribution in [-0.4, -0.2) is 41.0 Å². The molecule has 0 bridgehead atoms. The maximum Gasteiger partial charge on any atom is 0.387 e. The number of aromatic nitrogens is 2. The number of imidazole rings is 1. The number of hydrogen-bond donors (Lipinski definition) is 1. The van der Waals surface area contributed by atoms with Crippen LogP contribution >= 0.6 is 11.8 Å². The highest BCUT2D eigenvalue weighted by molar-refractivity contribution is 7.99. The lowest BCUT2D eigenvalue weighted by Gasteiger charge is -2.19. The van der Waals surface area contributed by atoms with E-state index in [0.717, 1.165) is 11.3 Å². The molecule has 0 unspecified atom stereocenters. The standard InChI is InChI=1S/C22H21F2N3O4S/c1-2-27-16(14-7-8-18-19(11-14)30-10-9-29-18)12-25-22(27)32-13-20(28)26-15-5-3-4-6-17(15)31-21(23)24/h3-8,11-12,21H,2,9-10,13H2,1H3,(H,26,28). The number of carbonyl (C=O) groups is 1. The van der Waals surface area contributed by atoms with Gasteiger partial charge in [-0.05, 0) is 37.3 Å². The lowest BCUT2D eigenvalue weighted by molar-refractivity contribution is -0.113. The maximum atomic E-state index is 12.6. The minimum absolute atomic E-state index is 0.0562. The highest BCUT2D eigenvalue weighted by Crippen LogP contribution is 2.35. The Balaban J connectivity index is 1.45. The number of benzene rings is 2. The Labute approximate surface area is 187 Å². The minimum Gasteiger partial charge on any atom is -0.486 e. The van der Waals surface area contributed by atoms with E-state index in [1.807, 2.05) is 29.7 Å². The number of rotatable bonds is 8. The van der Waals surface area contributed by atoms with E-state index in [4.69, 9.17) is 9.47 Å². The molecule has 0 aliphatic carbocycles. The molecule has 0 radical (unpaired) electrons. The van der Waals surface area contributed by atoms with E-state index in [0.29, 0.717) is 36.4 Å². The van der Waals surface area contributed by atoms with Crippen molar-refractivity contribution in [3.8, 4) is 28.5 Å². The average Bonchev–Trinajstić information content (AvgIpc) is 3.21. The lowest BCUT2D eigenvalue weighted by atomic mass is 10.1. The first-order chi connectivity index (χ1) is 15.5. The Hall–Kier alpha value is -3.27. The molecule has 0 fully saturated rings. The van der Waals surface area contributed by atoms with E-state index in [-0.39, 0.29) is 23.1 Å². The molecule has 1 aromatic heterocycles. The van der Waals surface area contributed by atoms with Crippen LogP contribution in [0.25, 0.3) is 11.3 Å². The quantitative estimate of drug-likeness (QED) is 0.492. The van der Waals surface area contributed by atoms with Crippen LogP contribution in [-0.2, 0) is 11.3 Å². The van der Waals surface area contributed by atoms with Crippen molar-refractivity contribution in [1.82, 2.24) is 9.55 Å².